The number of nitrogens with two attached hydrogens (primary N) is 1. The van der Waals surface area contributed by atoms with Crippen molar-refractivity contribution in [2.75, 3.05) is 10.6 Å². The van der Waals surface area contributed by atoms with Crippen molar-refractivity contribution in [3.63, 3.8) is 0 Å². The molecule has 3 aromatic carbocycles. The number of urea groups is 1. The van der Waals surface area contributed by atoms with Gasteiger partial charge in [-0.05, 0) is 30.3 Å². The Hall–Kier alpha value is -3.80. The first-order valence-corrected chi connectivity index (χ1v) is 8.36. The number of primary amides is 1. The van der Waals surface area contributed by atoms with Gasteiger partial charge in [0.05, 0.1) is 5.56 Å². The maximum absolute atomic E-state index is 12.2. The summed E-state index contributed by atoms with van der Waals surface area (Å²) in [6.45, 7) is 0.173. The van der Waals surface area contributed by atoms with Gasteiger partial charge in [0.15, 0.2) is 0 Å². The van der Waals surface area contributed by atoms with Crippen LogP contribution in [0.4, 0.5) is 16.2 Å². The molecule has 0 spiro atoms. The zero-order chi connectivity index (χ0) is 19.1. The van der Waals surface area contributed by atoms with Crippen LogP contribution in [-0.4, -0.2) is 11.9 Å². The first-order valence-electron chi connectivity index (χ1n) is 8.36. The molecule has 0 aliphatic rings. The number of carbonyl (C=O) groups excluding carboxylic acids is 2. The number of benzene rings is 3. The Morgan fingerprint density at radius 2 is 1.48 bits per heavy atom. The molecule has 6 heteroatoms. The monoisotopic (exact) mass is 361 g/mol. The highest BCUT2D eigenvalue weighted by Gasteiger charge is 2.11. The van der Waals surface area contributed by atoms with Crippen molar-refractivity contribution in [2.45, 2.75) is 6.61 Å². The summed E-state index contributed by atoms with van der Waals surface area (Å²) in [4.78, 5) is 23.7. The Labute approximate surface area is 157 Å². The number of carbonyl (C=O) groups is 2. The van der Waals surface area contributed by atoms with Crippen molar-refractivity contribution in [2.24, 2.45) is 5.73 Å². The predicted molar refractivity (Wildman–Crippen MR) is 105 cm³/mol. The fourth-order valence-corrected chi connectivity index (χ4v) is 2.53. The van der Waals surface area contributed by atoms with Crippen LogP contribution >= 0.6 is 0 Å². The van der Waals surface area contributed by atoms with Crippen LogP contribution in [-0.2, 0) is 6.61 Å². The van der Waals surface area contributed by atoms with Crippen LogP contribution in [0.2, 0.25) is 0 Å². The van der Waals surface area contributed by atoms with Gasteiger partial charge in [-0.1, -0.05) is 48.5 Å². The Morgan fingerprint density at radius 3 is 2.26 bits per heavy atom. The molecule has 0 heterocycles. The van der Waals surface area contributed by atoms with Gasteiger partial charge in [-0.2, -0.15) is 0 Å². The SMILES string of the molecule is NC(=O)c1ccccc1OCc1ccccc1NC(=O)Nc1ccccc1. The summed E-state index contributed by atoms with van der Waals surface area (Å²) >= 11 is 0. The van der Waals surface area contributed by atoms with Crippen molar-refractivity contribution >= 4 is 23.3 Å². The third-order valence-electron chi connectivity index (χ3n) is 3.83. The molecule has 0 aromatic heterocycles. The first-order chi connectivity index (χ1) is 13.1. The molecule has 0 atom stereocenters. The molecule has 0 saturated carbocycles. The van der Waals surface area contributed by atoms with E-state index in [-0.39, 0.29) is 12.6 Å². The second kappa shape index (κ2) is 8.53. The molecule has 0 saturated heterocycles. The van der Waals surface area contributed by atoms with E-state index in [1.54, 1.807) is 42.5 Å². The van der Waals surface area contributed by atoms with Crippen LogP contribution in [0.25, 0.3) is 0 Å². The molecule has 0 aliphatic heterocycles. The second-order valence-electron chi connectivity index (χ2n) is 5.75. The Balaban J connectivity index is 1.69. The molecule has 27 heavy (non-hydrogen) atoms. The molecule has 0 bridgehead atoms. The molecular formula is C21H19N3O3. The van der Waals surface area contributed by atoms with E-state index in [2.05, 4.69) is 10.6 Å². The van der Waals surface area contributed by atoms with E-state index in [1.807, 2.05) is 36.4 Å². The molecule has 4 N–H and O–H groups in total. The number of rotatable bonds is 6. The van der Waals surface area contributed by atoms with E-state index in [0.29, 0.717) is 22.7 Å². The summed E-state index contributed by atoms with van der Waals surface area (Å²) in [5, 5.41) is 5.57. The highest BCUT2D eigenvalue weighted by Crippen LogP contribution is 2.22. The summed E-state index contributed by atoms with van der Waals surface area (Å²) in [5.74, 6) is -0.159. The van der Waals surface area contributed by atoms with Crippen molar-refractivity contribution < 1.29 is 14.3 Å². The van der Waals surface area contributed by atoms with E-state index in [1.165, 1.54) is 0 Å². The molecule has 3 amide bonds. The number of nitrogens with one attached hydrogen (secondary N) is 2. The summed E-state index contributed by atoms with van der Waals surface area (Å²) in [6.07, 6.45) is 0. The maximum atomic E-state index is 12.2. The average Bonchev–Trinajstić information content (AvgIpc) is 2.68. The van der Waals surface area contributed by atoms with Gasteiger partial charge in [0, 0.05) is 16.9 Å². The van der Waals surface area contributed by atoms with Gasteiger partial charge in [-0.15, -0.1) is 0 Å². The fourth-order valence-electron chi connectivity index (χ4n) is 2.53. The van der Waals surface area contributed by atoms with Gasteiger partial charge in [0.1, 0.15) is 12.4 Å². The predicted octanol–water partition coefficient (Wildman–Crippen LogP) is 4.01. The average molecular weight is 361 g/mol. The fraction of sp³-hybridized carbons (Fsp3) is 0.0476. The highest BCUT2D eigenvalue weighted by atomic mass is 16.5. The smallest absolute Gasteiger partial charge is 0.323 e. The Kier molecular flexibility index (Phi) is 5.69. The molecule has 0 unspecified atom stereocenters. The minimum absolute atomic E-state index is 0.173. The lowest BCUT2D eigenvalue weighted by Gasteiger charge is -2.14. The number of amides is 3. The third kappa shape index (κ3) is 4.85. The van der Waals surface area contributed by atoms with Crippen LogP contribution < -0.4 is 21.1 Å². The standard InChI is InChI=1S/C21H19N3O3/c22-20(25)17-11-5-7-13-19(17)27-14-15-8-4-6-12-18(15)24-21(26)23-16-9-2-1-3-10-16/h1-13H,14H2,(H2,22,25)(H2,23,24,26). The zero-order valence-corrected chi connectivity index (χ0v) is 14.5. The number of hydrogen-bond donors (Lipinski definition) is 3. The van der Waals surface area contributed by atoms with E-state index in [0.717, 1.165) is 5.56 Å². The van der Waals surface area contributed by atoms with Crippen LogP contribution in [0.1, 0.15) is 15.9 Å². The van der Waals surface area contributed by atoms with Gasteiger partial charge >= 0.3 is 6.03 Å². The molecule has 6 nitrogen and oxygen atoms in total. The van der Waals surface area contributed by atoms with Gasteiger partial charge in [-0.25, -0.2) is 4.79 Å². The van der Waals surface area contributed by atoms with Crippen LogP contribution in [0.5, 0.6) is 5.75 Å². The lowest BCUT2D eigenvalue weighted by molar-refractivity contribution is 0.0996. The molecule has 136 valence electrons. The minimum Gasteiger partial charge on any atom is -0.488 e. The number of ether oxygens (including phenoxy) is 1. The molecule has 0 radical (unpaired) electrons. The summed E-state index contributed by atoms with van der Waals surface area (Å²) in [6, 6.07) is 22.9. The third-order valence-corrected chi connectivity index (χ3v) is 3.83. The molecule has 3 rings (SSSR count). The largest absolute Gasteiger partial charge is 0.488 e. The maximum Gasteiger partial charge on any atom is 0.323 e. The van der Waals surface area contributed by atoms with E-state index in [9.17, 15) is 9.59 Å². The highest BCUT2D eigenvalue weighted by molar-refractivity contribution is 6.00. The van der Waals surface area contributed by atoms with Crippen LogP contribution in [0, 0.1) is 0 Å². The Morgan fingerprint density at radius 1 is 0.815 bits per heavy atom. The zero-order valence-electron chi connectivity index (χ0n) is 14.5. The molecular weight excluding hydrogens is 342 g/mol. The lowest BCUT2D eigenvalue weighted by atomic mass is 10.1. The van der Waals surface area contributed by atoms with Gasteiger partial charge < -0.3 is 21.1 Å². The topological polar surface area (TPSA) is 93.5 Å². The van der Waals surface area contributed by atoms with E-state index >= 15 is 0 Å². The van der Waals surface area contributed by atoms with Crippen LogP contribution in [0.15, 0.2) is 78.9 Å². The number of anilines is 2. The molecule has 0 aliphatic carbocycles. The van der Waals surface area contributed by atoms with Crippen molar-refractivity contribution in [1.29, 1.82) is 0 Å². The van der Waals surface area contributed by atoms with E-state index < -0.39 is 5.91 Å². The van der Waals surface area contributed by atoms with Crippen LogP contribution in [0.3, 0.4) is 0 Å². The normalized spacial score (nSPS) is 10.1. The Bertz CT molecular complexity index is 942. The van der Waals surface area contributed by atoms with Gasteiger partial charge in [0.25, 0.3) is 5.91 Å². The van der Waals surface area contributed by atoms with Gasteiger partial charge in [-0.3, -0.25) is 4.79 Å². The van der Waals surface area contributed by atoms with Crippen molar-refractivity contribution in [3.8, 4) is 5.75 Å². The minimum atomic E-state index is -0.556. The van der Waals surface area contributed by atoms with Gasteiger partial charge in [0.2, 0.25) is 0 Å². The van der Waals surface area contributed by atoms with Crippen molar-refractivity contribution in [1.82, 2.24) is 0 Å². The molecule has 0 fully saturated rings. The van der Waals surface area contributed by atoms with Crippen molar-refractivity contribution in [3.05, 3.63) is 90.0 Å². The van der Waals surface area contributed by atoms with E-state index in [4.69, 9.17) is 10.5 Å². The number of hydrogen-bond acceptors (Lipinski definition) is 3. The second-order valence-corrected chi connectivity index (χ2v) is 5.75. The molecule has 3 aromatic rings. The summed E-state index contributed by atoms with van der Waals surface area (Å²) in [7, 11) is 0. The first kappa shape index (κ1) is 18.0. The lowest BCUT2D eigenvalue weighted by Crippen LogP contribution is -2.20. The number of para-hydroxylation sites is 3. The summed E-state index contributed by atoms with van der Waals surface area (Å²) < 4.78 is 5.75. The summed E-state index contributed by atoms with van der Waals surface area (Å²) in [5.41, 5.74) is 7.75. The quantitative estimate of drug-likeness (QED) is 0.619.